The Morgan fingerprint density at radius 1 is 1.19 bits per heavy atom. The molecule has 3 atom stereocenters. The van der Waals surface area contributed by atoms with Gasteiger partial charge in [-0.05, 0) is 48.1 Å². The van der Waals surface area contributed by atoms with Crippen molar-refractivity contribution in [3.8, 4) is 0 Å². The summed E-state index contributed by atoms with van der Waals surface area (Å²) in [6.45, 7) is 2.01. The Hall–Kier alpha value is -2.56. The minimum Gasteiger partial charge on any atom is -0.500 e. The number of carbonyl (C=O) groups is 1. The van der Waals surface area contributed by atoms with Crippen LogP contribution in [0.5, 0.6) is 0 Å². The first-order valence-corrected chi connectivity index (χ1v) is 11.1. The molecule has 0 bridgehead atoms. The Bertz CT molecular complexity index is 1010. The number of amides is 1. The summed E-state index contributed by atoms with van der Waals surface area (Å²) < 4.78 is 5.54. The van der Waals surface area contributed by atoms with Crippen molar-refractivity contribution in [2.75, 3.05) is 13.7 Å². The Morgan fingerprint density at radius 2 is 1.94 bits per heavy atom. The number of aliphatic hydroxyl groups excluding tert-OH is 1. The van der Waals surface area contributed by atoms with Crippen LogP contribution in [0.2, 0.25) is 5.02 Å². The van der Waals surface area contributed by atoms with E-state index in [1.807, 2.05) is 53.4 Å². The highest BCUT2D eigenvalue weighted by Crippen LogP contribution is 2.43. The smallest absolute Gasteiger partial charge is 0.254 e. The fraction of sp³-hybridized carbons (Fsp3) is 0.346. The number of benzene rings is 2. The number of methoxy groups -OCH3 is 1. The molecular weight excluding hydrogens is 410 g/mol. The quantitative estimate of drug-likeness (QED) is 0.659. The van der Waals surface area contributed by atoms with Crippen molar-refractivity contribution in [2.45, 2.75) is 38.3 Å². The topological polar surface area (TPSA) is 49.8 Å². The zero-order chi connectivity index (χ0) is 22.0. The lowest BCUT2D eigenvalue weighted by atomic mass is 9.96. The van der Waals surface area contributed by atoms with Gasteiger partial charge in [-0.1, -0.05) is 61.0 Å². The molecule has 1 heterocycles. The zero-order valence-electron chi connectivity index (χ0n) is 17.9. The van der Waals surface area contributed by atoms with Gasteiger partial charge in [-0.3, -0.25) is 4.79 Å². The van der Waals surface area contributed by atoms with Crippen LogP contribution in [0, 0.1) is 5.92 Å². The second kappa shape index (κ2) is 9.29. The highest BCUT2D eigenvalue weighted by atomic mass is 35.5. The van der Waals surface area contributed by atoms with E-state index in [2.05, 4.69) is 19.1 Å². The molecule has 0 unspecified atom stereocenters. The van der Waals surface area contributed by atoms with Crippen LogP contribution in [0.1, 0.15) is 53.7 Å². The van der Waals surface area contributed by atoms with Gasteiger partial charge < -0.3 is 14.7 Å². The summed E-state index contributed by atoms with van der Waals surface area (Å²) in [4.78, 5) is 15.4. The number of hydrogen-bond donors (Lipinski definition) is 1. The fourth-order valence-electron chi connectivity index (χ4n) is 4.76. The van der Waals surface area contributed by atoms with Gasteiger partial charge in [0.25, 0.3) is 5.91 Å². The van der Waals surface area contributed by atoms with E-state index in [0.717, 1.165) is 41.7 Å². The largest absolute Gasteiger partial charge is 0.500 e. The number of halogens is 1. The predicted octanol–water partition coefficient (Wildman–Crippen LogP) is 5.63. The summed E-state index contributed by atoms with van der Waals surface area (Å²) in [6, 6.07) is 14.9. The molecule has 2 aromatic rings. The van der Waals surface area contributed by atoms with Crippen molar-refractivity contribution >= 4 is 23.1 Å². The molecule has 4 rings (SSSR count). The van der Waals surface area contributed by atoms with Crippen LogP contribution < -0.4 is 0 Å². The van der Waals surface area contributed by atoms with Crippen molar-refractivity contribution in [2.24, 2.45) is 5.92 Å². The van der Waals surface area contributed by atoms with E-state index in [9.17, 15) is 9.90 Å². The maximum atomic E-state index is 13.6. The molecule has 5 heteroatoms. The van der Waals surface area contributed by atoms with Crippen molar-refractivity contribution < 1.29 is 14.6 Å². The van der Waals surface area contributed by atoms with Crippen LogP contribution in [0.4, 0.5) is 0 Å². The highest BCUT2D eigenvalue weighted by molar-refractivity contribution is 6.31. The monoisotopic (exact) mass is 437 g/mol. The number of aliphatic hydroxyl groups is 1. The zero-order valence-corrected chi connectivity index (χ0v) is 18.7. The number of ether oxygens (including phenoxy) is 1. The molecule has 2 aliphatic rings. The van der Waals surface area contributed by atoms with E-state index in [1.54, 1.807) is 7.11 Å². The molecule has 0 aromatic heterocycles. The number of hydrogen-bond acceptors (Lipinski definition) is 3. The van der Waals surface area contributed by atoms with Crippen molar-refractivity contribution in [3.63, 3.8) is 0 Å². The second-order valence-corrected chi connectivity index (χ2v) is 8.68. The van der Waals surface area contributed by atoms with Crippen LogP contribution in [0.25, 0.3) is 5.57 Å². The average Bonchev–Trinajstić information content (AvgIpc) is 3.14. The van der Waals surface area contributed by atoms with Crippen LogP contribution in [-0.2, 0) is 4.74 Å². The third-order valence-corrected chi connectivity index (χ3v) is 6.79. The summed E-state index contributed by atoms with van der Waals surface area (Å²) in [7, 11) is 1.70. The van der Waals surface area contributed by atoms with Gasteiger partial charge in [0, 0.05) is 22.6 Å². The third-order valence-electron chi connectivity index (χ3n) is 6.44. The van der Waals surface area contributed by atoms with Gasteiger partial charge in [0.2, 0.25) is 0 Å². The van der Waals surface area contributed by atoms with Crippen molar-refractivity contribution in [1.82, 2.24) is 4.90 Å². The molecule has 1 saturated heterocycles. The lowest BCUT2D eigenvalue weighted by Gasteiger charge is -2.31. The average molecular weight is 438 g/mol. The summed E-state index contributed by atoms with van der Waals surface area (Å²) in [5.74, 6) is 1.06. The number of rotatable bonds is 5. The predicted molar refractivity (Wildman–Crippen MR) is 124 cm³/mol. The number of nitrogens with zero attached hydrogens (tertiary/aromatic N) is 1. The molecule has 1 aliphatic heterocycles. The normalized spacial score (nSPS) is 23.4. The van der Waals surface area contributed by atoms with Gasteiger partial charge in [-0.25, -0.2) is 0 Å². The summed E-state index contributed by atoms with van der Waals surface area (Å²) >= 11 is 6.47. The van der Waals surface area contributed by atoms with E-state index in [4.69, 9.17) is 16.3 Å². The molecule has 2 aromatic carbocycles. The molecule has 0 saturated carbocycles. The van der Waals surface area contributed by atoms with Gasteiger partial charge in [0.1, 0.15) is 5.76 Å². The van der Waals surface area contributed by atoms with Crippen molar-refractivity contribution in [1.29, 1.82) is 0 Å². The van der Waals surface area contributed by atoms with Crippen LogP contribution >= 0.6 is 11.6 Å². The molecule has 1 amide bonds. The van der Waals surface area contributed by atoms with Crippen LogP contribution in [0.15, 0.2) is 66.4 Å². The minimum atomic E-state index is -0.238. The lowest BCUT2D eigenvalue weighted by Crippen LogP contribution is -2.41. The second-order valence-electron chi connectivity index (χ2n) is 8.27. The highest BCUT2D eigenvalue weighted by Gasteiger charge is 2.42. The van der Waals surface area contributed by atoms with E-state index in [0.29, 0.717) is 10.6 Å². The molecule has 162 valence electrons. The van der Waals surface area contributed by atoms with E-state index in [-0.39, 0.29) is 30.5 Å². The number of allylic oxidation sites excluding steroid dienone is 4. The minimum absolute atomic E-state index is 0.0686. The van der Waals surface area contributed by atoms with Gasteiger partial charge >= 0.3 is 0 Å². The van der Waals surface area contributed by atoms with Gasteiger partial charge in [0.15, 0.2) is 0 Å². The fourth-order valence-corrected chi connectivity index (χ4v) is 5.03. The molecule has 4 nitrogen and oxygen atoms in total. The molecule has 1 N–H and O–H groups in total. The Labute approximate surface area is 188 Å². The Balaban J connectivity index is 1.66. The first-order chi connectivity index (χ1) is 15.0. The Morgan fingerprint density at radius 3 is 2.61 bits per heavy atom. The molecule has 31 heavy (non-hydrogen) atoms. The summed E-state index contributed by atoms with van der Waals surface area (Å²) in [5.41, 5.74) is 3.62. The molecular formula is C26H28ClNO3. The van der Waals surface area contributed by atoms with Crippen LogP contribution in [-0.4, -0.2) is 35.7 Å². The molecule has 1 fully saturated rings. The van der Waals surface area contributed by atoms with Gasteiger partial charge in [-0.15, -0.1) is 0 Å². The van der Waals surface area contributed by atoms with E-state index in [1.165, 1.54) is 0 Å². The standard InChI is InChI=1S/C26H28ClNO3/c1-17-15-23(21-8-3-5-9-22(21)27)28(24(17)16-29)26(30)19-13-11-18(12-14-19)20-7-4-6-10-25(20)31-2/h3-5,7-9,11-14,17,23-24,29H,6,10,15-16H2,1-2H3/t17-,23-,24+/m0/s1. The third kappa shape index (κ3) is 4.15. The van der Waals surface area contributed by atoms with Crippen molar-refractivity contribution in [3.05, 3.63) is 88.2 Å². The SMILES string of the molecule is COC1=C(c2ccc(C(=O)N3[C@H](CO)[C@@H](C)C[C@H]3c3ccccc3Cl)cc2)C=CCC1. The van der Waals surface area contributed by atoms with Gasteiger partial charge in [-0.2, -0.15) is 0 Å². The maximum Gasteiger partial charge on any atom is 0.254 e. The summed E-state index contributed by atoms with van der Waals surface area (Å²) in [5, 5.41) is 10.7. The maximum absolute atomic E-state index is 13.6. The molecule has 0 spiro atoms. The lowest BCUT2D eigenvalue weighted by molar-refractivity contribution is 0.0568. The Kier molecular flexibility index (Phi) is 6.49. The number of likely N-dealkylation sites (tertiary alicyclic amines) is 1. The first-order valence-electron chi connectivity index (χ1n) is 10.8. The first kappa shape index (κ1) is 21.7. The molecule has 0 radical (unpaired) electrons. The number of carbonyl (C=O) groups excluding carboxylic acids is 1. The summed E-state index contributed by atoms with van der Waals surface area (Å²) in [6.07, 6.45) is 6.85. The molecule has 1 aliphatic carbocycles. The van der Waals surface area contributed by atoms with Gasteiger partial charge in [0.05, 0.1) is 25.8 Å². The van der Waals surface area contributed by atoms with E-state index < -0.39 is 0 Å². The van der Waals surface area contributed by atoms with E-state index >= 15 is 0 Å². The van der Waals surface area contributed by atoms with Crippen LogP contribution in [0.3, 0.4) is 0 Å².